The van der Waals surface area contributed by atoms with Crippen molar-refractivity contribution in [2.24, 2.45) is 5.92 Å². The van der Waals surface area contributed by atoms with Crippen molar-refractivity contribution in [1.82, 2.24) is 20.9 Å². The molecule has 194 valence electrons. The van der Waals surface area contributed by atoms with Gasteiger partial charge in [0, 0.05) is 27.7 Å². The third kappa shape index (κ3) is 5.63. The van der Waals surface area contributed by atoms with Crippen LogP contribution in [0.15, 0.2) is 36.4 Å². The van der Waals surface area contributed by atoms with Crippen molar-refractivity contribution in [1.29, 1.82) is 0 Å². The first kappa shape index (κ1) is 25.2. The first-order valence-corrected chi connectivity index (χ1v) is 13.9. The smallest absolute Gasteiger partial charge is 0.328 e. The Morgan fingerprint density at radius 3 is 2.59 bits per heavy atom. The van der Waals surface area contributed by atoms with Crippen molar-refractivity contribution in [3.8, 4) is 5.75 Å². The third-order valence-electron chi connectivity index (χ3n) is 6.72. The molecule has 3 aromatic heterocycles. The predicted octanol–water partition coefficient (Wildman–Crippen LogP) is 3.69. The number of carboxylic acids is 1. The monoisotopic (exact) mass is 540 g/mol. The van der Waals surface area contributed by atoms with Crippen LogP contribution in [0.2, 0.25) is 0 Å². The van der Waals surface area contributed by atoms with E-state index in [0.717, 1.165) is 34.8 Å². The Morgan fingerprint density at radius 2 is 1.86 bits per heavy atom. The molecule has 0 radical (unpaired) electrons. The summed E-state index contributed by atoms with van der Waals surface area (Å²) in [5, 5.41) is 29.8. The molecule has 0 spiro atoms. The summed E-state index contributed by atoms with van der Waals surface area (Å²) in [7, 11) is 0. The molecule has 0 saturated carbocycles. The summed E-state index contributed by atoms with van der Waals surface area (Å²) < 4.78 is 1.07. The highest BCUT2D eigenvalue weighted by molar-refractivity contribution is 7.39. The summed E-state index contributed by atoms with van der Waals surface area (Å²) in [6, 6.07) is 9.42. The topological polar surface area (TPSA) is 144 Å². The van der Waals surface area contributed by atoms with Gasteiger partial charge in [0.15, 0.2) is 5.75 Å². The second kappa shape index (κ2) is 10.9. The number of piperidine rings is 1. The first-order chi connectivity index (χ1) is 17.9. The van der Waals surface area contributed by atoms with Gasteiger partial charge in [0.2, 0.25) is 0 Å². The van der Waals surface area contributed by atoms with Gasteiger partial charge in [0.1, 0.15) is 11.7 Å². The van der Waals surface area contributed by atoms with Crippen LogP contribution >= 0.6 is 22.7 Å². The molecule has 1 aromatic carbocycles. The van der Waals surface area contributed by atoms with Gasteiger partial charge in [-0.3, -0.25) is 9.59 Å². The highest BCUT2D eigenvalue weighted by Crippen LogP contribution is 2.35. The highest BCUT2D eigenvalue weighted by atomic mass is 32.2. The lowest BCUT2D eigenvalue weighted by molar-refractivity contribution is -0.139. The number of benzene rings is 1. The Balaban J connectivity index is 1.18. The lowest BCUT2D eigenvalue weighted by Crippen LogP contribution is -2.48. The number of aromatic amines is 1. The molecule has 37 heavy (non-hydrogen) atoms. The Morgan fingerprint density at radius 1 is 1.08 bits per heavy atom. The van der Waals surface area contributed by atoms with E-state index in [1.54, 1.807) is 35.6 Å². The summed E-state index contributed by atoms with van der Waals surface area (Å²) in [5.41, 5.74) is 0.422. The third-order valence-corrected chi connectivity index (χ3v) is 9.17. The minimum absolute atomic E-state index is 0.131. The first-order valence-electron chi connectivity index (χ1n) is 12.2. The minimum atomic E-state index is -1.37. The van der Waals surface area contributed by atoms with Crippen molar-refractivity contribution in [3.63, 3.8) is 0 Å². The Bertz CT molecular complexity index is 1420. The van der Waals surface area contributed by atoms with Gasteiger partial charge in [-0.15, -0.1) is 22.7 Å². The van der Waals surface area contributed by atoms with E-state index in [-0.39, 0.29) is 18.0 Å². The number of amides is 2. The van der Waals surface area contributed by atoms with Crippen LogP contribution < -0.4 is 16.0 Å². The van der Waals surface area contributed by atoms with Crippen molar-refractivity contribution in [2.45, 2.75) is 31.7 Å². The van der Waals surface area contributed by atoms with E-state index in [1.807, 2.05) is 6.07 Å². The van der Waals surface area contributed by atoms with Crippen LogP contribution in [0.4, 0.5) is 0 Å². The number of aromatic nitrogens is 1. The molecule has 11 heteroatoms. The van der Waals surface area contributed by atoms with E-state index in [4.69, 9.17) is 0 Å². The molecular formula is C26H28N4O5S2. The van der Waals surface area contributed by atoms with E-state index in [2.05, 4.69) is 27.0 Å². The number of H-pyrrole nitrogens is 1. The van der Waals surface area contributed by atoms with Gasteiger partial charge in [-0.1, -0.05) is 12.1 Å². The van der Waals surface area contributed by atoms with Gasteiger partial charge in [-0.25, -0.2) is 4.79 Å². The van der Waals surface area contributed by atoms with Crippen molar-refractivity contribution in [2.75, 3.05) is 19.6 Å². The molecular weight excluding hydrogens is 512 g/mol. The quantitative estimate of drug-likeness (QED) is 0.191. The lowest BCUT2D eigenvalue weighted by atomic mass is 9.93. The maximum Gasteiger partial charge on any atom is 0.328 e. The molecule has 0 aliphatic carbocycles. The van der Waals surface area contributed by atoms with Gasteiger partial charge < -0.3 is 31.1 Å². The van der Waals surface area contributed by atoms with Crippen molar-refractivity contribution < 1.29 is 24.6 Å². The summed E-state index contributed by atoms with van der Waals surface area (Å²) in [6.07, 6.45) is 4.68. The number of thiophene rings is 2. The fraction of sp³-hybridized carbons (Fsp3) is 0.346. The highest BCUT2D eigenvalue weighted by Gasteiger charge is 2.25. The molecule has 4 aromatic rings. The van der Waals surface area contributed by atoms with Gasteiger partial charge in [-0.2, -0.15) is 0 Å². The zero-order valence-corrected chi connectivity index (χ0v) is 21.6. The number of hydrogen-bond acceptors (Lipinski definition) is 7. The Labute approximate surface area is 220 Å². The van der Waals surface area contributed by atoms with Crippen molar-refractivity contribution in [3.05, 3.63) is 51.8 Å². The van der Waals surface area contributed by atoms with Crippen LogP contribution in [0.5, 0.6) is 5.75 Å². The molecule has 2 amide bonds. The second-order valence-electron chi connectivity index (χ2n) is 9.27. The molecule has 0 bridgehead atoms. The van der Waals surface area contributed by atoms with Gasteiger partial charge in [-0.05, 0) is 69.0 Å². The van der Waals surface area contributed by atoms with E-state index in [9.17, 15) is 24.6 Å². The summed E-state index contributed by atoms with van der Waals surface area (Å²) in [5.74, 6) is -1.95. The molecule has 1 atom stereocenters. The summed E-state index contributed by atoms with van der Waals surface area (Å²) >= 11 is 3.09. The fourth-order valence-electron chi connectivity index (χ4n) is 4.65. The number of nitrogens with one attached hydrogen (secondary N) is 4. The van der Waals surface area contributed by atoms with E-state index in [0.29, 0.717) is 15.8 Å². The molecule has 4 heterocycles. The van der Waals surface area contributed by atoms with Crippen LogP contribution in [0.25, 0.3) is 20.3 Å². The number of fused-ring (bicyclic) bond motifs is 2. The number of carboxylic acid groups (broad SMARTS) is 1. The average molecular weight is 541 g/mol. The molecule has 6 N–H and O–H groups in total. The lowest BCUT2D eigenvalue weighted by Gasteiger charge is -2.22. The van der Waals surface area contributed by atoms with Crippen LogP contribution in [0.1, 0.15) is 44.3 Å². The van der Waals surface area contributed by atoms with E-state index < -0.39 is 23.8 Å². The van der Waals surface area contributed by atoms with Crippen molar-refractivity contribution >= 4 is 60.8 Å². The molecule has 1 aliphatic rings. The Hall–Kier alpha value is -3.41. The predicted molar refractivity (Wildman–Crippen MR) is 145 cm³/mol. The zero-order chi connectivity index (χ0) is 25.9. The molecule has 1 fully saturated rings. The average Bonchev–Trinajstić information content (AvgIpc) is 3.57. The number of para-hydroxylation sites is 1. The van der Waals surface area contributed by atoms with E-state index in [1.165, 1.54) is 35.5 Å². The number of rotatable bonds is 9. The largest absolute Gasteiger partial charge is 0.505 e. The van der Waals surface area contributed by atoms with Crippen LogP contribution in [0, 0.1) is 5.92 Å². The number of aliphatic carboxylic acids is 1. The zero-order valence-electron chi connectivity index (χ0n) is 20.0. The summed E-state index contributed by atoms with van der Waals surface area (Å²) in [4.78, 5) is 41.7. The number of carbonyl (C=O) groups is 3. The molecule has 1 unspecified atom stereocenters. The molecule has 9 nitrogen and oxygen atoms in total. The maximum absolute atomic E-state index is 12.7. The molecule has 5 rings (SSSR count). The van der Waals surface area contributed by atoms with Crippen LogP contribution in [0.3, 0.4) is 0 Å². The number of carbonyl (C=O) groups excluding carboxylic acids is 2. The number of hydrogen-bond donors (Lipinski definition) is 6. The minimum Gasteiger partial charge on any atom is -0.505 e. The summed E-state index contributed by atoms with van der Waals surface area (Å²) in [6.45, 7) is 1.90. The standard InChI is InChI=1S/C26H28N4O5S2/c31-22-17-3-1-2-4-18(17)29-21(22)24(33)30-19(25(34)35)13-28-23(32)20-12-15-11-16(36-26(15)37-20)6-5-14-7-9-27-10-8-14/h1-4,11-12,14,19,27,29,31H,5-10,13H2,(H,28,32)(H,30,33)(H,34,35). The second-order valence-corrected chi connectivity index (χ2v) is 11.7. The van der Waals surface area contributed by atoms with Gasteiger partial charge in [0.25, 0.3) is 11.8 Å². The number of aryl methyl sites for hydroxylation is 1. The molecule has 1 aliphatic heterocycles. The van der Waals surface area contributed by atoms with Crippen LogP contribution in [-0.4, -0.2) is 58.7 Å². The van der Waals surface area contributed by atoms with Crippen LogP contribution in [-0.2, 0) is 11.2 Å². The normalized spacial score (nSPS) is 15.1. The maximum atomic E-state index is 12.7. The van der Waals surface area contributed by atoms with Gasteiger partial charge >= 0.3 is 5.97 Å². The fourth-order valence-corrected chi connectivity index (χ4v) is 7.07. The van der Waals surface area contributed by atoms with Gasteiger partial charge in [0.05, 0.1) is 8.89 Å². The number of aromatic hydroxyl groups is 1. The molecule has 1 saturated heterocycles. The Kier molecular flexibility index (Phi) is 7.45. The SMILES string of the molecule is O=C(NCC(NC(=O)c1[nH]c2ccccc2c1O)C(=O)O)c1cc2cc(CCC3CCNCC3)sc2s1. The van der Waals surface area contributed by atoms with E-state index >= 15 is 0 Å².